The molecule has 0 unspecified atom stereocenters. The van der Waals surface area contributed by atoms with Gasteiger partial charge in [-0.1, -0.05) is 13.8 Å². The molecule has 0 saturated carbocycles. The van der Waals surface area contributed by atoms with Gasteiger partial charge in [0, 0.05) is 18.5 Å². The zero-order chi connectivity index (χ0) is 15.0. The number of benzene rings is 1. The molecular weight excluding hydrogens is 258 g/mol. The molecule has 20 heavy (non-hydrogen) atoms. The van der Waals surface area contributed by atoms with Gasteiger partial charge in [0.2, 0.25) is 0 Å². The monoisotopic (exact) mass is 275 g/mol. The lowest BCUT2D eigenvalue weighted by Crippen LogP contribution is -2.27. The topological polar surface area (TPSA) is 68.5 Å². The van der Waals surface area contributed by atoms with Crippen molar-refractivity contribution in [3.8, 4) is 5.75 Å². The number of carbonyl (C=O) groups is 1. The van der Waals surface area contributed by atoms with E-state index in [0.29, 0.717) is 16.8 Å². The highest BCUT2D eigenvalue weighted by Gasteiger charge is 2.22. The second-order valence-corrected chi connectivity index (χ2v) is 5.00. The first kappa shape index (κ1) is 14.1. The number of nitrogens with zero attached hydrogens (tertiary/aromatic N) is 1. The van der Waals surface area contributed by atoms with Crippen LogP contribution in [0.15, 0.2) is 23.0 Å². The molecule has 106 valence electrons. The second kappa shape index (κ2) is 5.00. The summed E-state index contributed by atoms with van der Waals surface area (Å²) in [5.74, 6) is -0.622. The van der Waals surface area contributed by atoms with Crippen molar-refractivity contribution in [3.63, 3.8) is 0 Å². The number of fused-ring (bicyclic) bond motifs is 1. The van der Waals surface area contributed by atoms with Gasteiger partial charge in [-0.15, -0.1) is 0 Å². The Morgan fingerprint density at radius 1 is 1.35 bits per heavy atom. The molecule has 1 aromatic carbocycles. The van der Waals surface area contributed by atoms with E-state index in [1.54, 1.807) is 32.4 Å². The lowest BCUT2D eigenvalue weighted by molar-refractivity contribution is 0.0693. The summed E-state index contributed by atoms with van der Waals surface area (Å²) in [4.78, 5) is 23.7. The summed E-state index contributed by atoms with van der Waals surface area (Å²) >= 11 is 0. The average Bonchev–Trinajstić information content (AvgIpc) is 2.41. The van der Waals surface area contributed by atoms with Crippen LogP contribution >= 0.6 is 0 Å². The average molecular weight is 275 g/mol. The van der Waals surface area contributed by atoms with Gasteiger partial charge in [0.1, 0.15) is 11.3 Å². The summed E-state index contributed by atoms with van der Waals surface area (Å²) in [6.07, 6.45) is 0. The summed E-state index contributed by atoms with van der Waals surface area (Å²) in [6, 6.07) is 5.31. The van der Waals surface area contributed by atoms with Crippen molar-refractivity contribution < 1.29 is 14.6 Å². The molecule has 2 rings (SSSR count). The number of carboxylic acids is 1. The number of methoxy groups -OCH3 is 1. The maximum atomic E-state index is 12.3. The van der Waals surface area contributed by atoms with E-state index in [-0.39, 0.29) is 11.5 Å². The Bertz CT molecular complexity index is 744. The summed E-state index contributed by atoms with van der Waals surface area (Å²) < 4.78 is 6.52. The van der Waals surface area contributed by atoms with Crippen LogP contribution in [-0.2, 0) is 7.05 Å². The molecule has 0 spiro atoms. The molecule has 0 saturated heterocycles. The van der Waals surface area contributed by atoms with Crippen molar-refractivity contribution in [3.05, 3.63) is 39.7 Å². The van der Waals surface area contributed by atoms with Gasteiger partial charge in [-0.25, -0.2) is 4.79 Å². The Morgan fingerprint density at radius 3 is 2.50 bits per heavy atom. The summed E-state index contributed by atoms with van der Waals surface area (Å²) in [5.41, 5.74) is 0.587. The van der Waals surface area contributed by atoms with E-state index in [1.807, 2.05) is 13.8 Å². The molecule has 1 aromatic heterocycles. The predicted octanol–water partition coefficient (Wildman–Crippen LogP) is 2.37. The van der Waals surface area contributed by atoms with Crippen LogP contribution in [0.5, 0.6) is 5.75 Å². The lowest BCUT2D eigenvalue weighted by Gasteiger charge is -2.16. The minimum atomic E-state index is -1.19. The molecule has 2 aromatic rings. The molecule has 0 fully saturated rings. The van der Waals surface area contributed by atoms with Gasteiger partial charge in [0.15, 0.2) is 0 Å². The Kier molecular flexibility index (Phi) is 3.53. The summed E-state index contributed by atoms with van der Waals surface area (Å²) in [6.45, 7) is 3.76. The number of rotatable bonds is 3. The largest absolute Gasteiger partial charge is 0.497 e. The Balaban J connectivity index is 3.03. The highest BCUT2D eigenvalue weighted by atomic mass is 16.5. The molecule has 0 atom stereocenters. The van der Waals surface area contributed by atoms with Gasteiger partial charge >= 0.3 is 5.97 Å². The number of hydrogen-bond donors (Lipinski definition) is 1. The van der Waals surface area contributed by atoms with Crippen LogP contribution in [-0.4, -0.2) is 22.8 Å². The number of aromatic nitrogens is 1. The van der Waals surface area contributed by atoms with Gasteiger partial charge in [0.05, 0.1) is 12.6 Å². The number of aryl methyl sites for hydroxylation is 1. The SMILES string of the molecule is COc1ccc2c(C(C)C)c(C(=O)O)c(=O)n(C)c2c1. The van der Waals surface area contributed by atoms with Crippen LogP contribution in [0.25, 0.3) is 10.9 Å². The molecule has 5 nitrogen and oxygen atoms in total. The first-order valence-electron chi connectivity index (χ1n) is 6.32. The molecule has 0 aliphatic carbocycles. The highest BCUT2D eigenvalue weighted by Crippen LogP contribution is 2.29. The van der Waals surface area contributed by atoms with Gasteiger partial charge in [0.25, 0.3) is 5.56 Å². The fraction of sp³-hybridized carbons (Fsp3) is 0.333. The second-order valence-electron chi connectivity index (χ2n) is 5.00. The molecule has 0 bridgehead atoms. The summed E-state index contributed by atoms with van der Waals surface area (Å²) in [5, 5.41) is 10.1. The van der Waals surface area contributed by atoms with E-state index in [4.69, 9.17) is 4.74 Å². The maximum absolute atomic E-state index is 12.3. The quantitative estimate of drug-likeness (QED) is 0.933. The predicted molar refractivity (Wildman–Crippen MR) is 76.8 cm³/mol. The number of hydrogen-bond acceptors (Lipinski definition) is 3. The van der Waals surface area contributed by atoms with Crippen LogP contribution in [0, 0.1) is 0 Å². The Labute approximate surface area is 116 Å². The zero-order valence-corrected chi connectivity index (χ0v) is 11.9. The van der Waals surface area contributed by atoms with E-state index >= 15 is 0 Å². The van der Waals surface area contributed by atoms with E-state index in [1.165, 1.54) is 4.57 Å². The van der Waals surface area contributed by atoms with Gasteiger partial charge in [-0.2, -0.15) is 0 Å². The molecule has 0 aliphatic heterocycles. The van der Waals surface area contributed by atoms with Crippen LogP contribution in [0.3, 0.4) is 0 Å². The number of pyridine rings is 1. The maximum Gasteiger partial charge on any atom is 0.341 e. The van der Waals surface area contributed by atoms with Gasteiger partial charge in [-0.3, -0.25) is 4.79 Å². The highest BCUT2D eigenvalue weighted by molar-refractivity contribution is 5.97. The lowest BCUT2D eigenvalue weighted by atomic mass is 9.93. The molecule has 0 radical (unpaired) electrons. The third-order valence-electron chi connectivity index (χ3n) is 3.44. The third kappa shape index (κ3) is 2.05. The molecule has 5 heteroatoms. The molecule has 0 aliphatic rings. The normalized spacial score (nSPS) is 11.1. The number of ether oxygens (including phenoxy) is 1. The van der Waals surface area contributed by atoms with Crippen LogP contribution in [0.1, 0.15) is 35.7 Å². The summed E-state index contributed by atoms with van der Waals surface area (Å²) in [7, 11) is 3.12. The van der Waals surface area contributed by atoms with Crippen LogP contribution in [0.4, 0.5) is 0 Å². The van der Waals surface area contributed by atoms with E-state index in [0.717, 1.165) is 5.39 Å². The van der Waals surface area contributed by atoms with Gasteiger partial charge in [-0.05, 0) is 23.6 Å². The number of carboxylic acid groups (broad SMARTS) is 1. The van der Waals surface area contributed by atoms with Crippen molar-refractivity contribution >= 4 is 16.9 Å². The van der Waals surface area contributed by atoms with E-state index in [2.05, 4.69) is 0 Å². The van der Waals surface area contributed by atoms with E-state index in [9.17, 15) is 14.7 Å². The standard InChI is InChI=1S/C15H17NO4/c1-8(2)12-10-6-5-9(20-4)7-11(10)16(3)14(17)13(12)15(18)19/h5-8H,1-4H3,(H,18,19). The Hall–Kier alpha value is -2.30. The fourth-order valence-electron chi connectivity index (χ4n) is 2.48. The van der Waals surface area contributed by atoms with Gasteiger partial charge < -0.3 is 14.4 Å². The molecular formula is C15H17NO4. The minimum absolute atomic E-state index is 0.0640. The van der Waals surface area contributed by atoms with E-state index < -0.39 is 11.5 Å². The first-order valence-corrected chi connectivity index (χ1v) is 6.32. The third-order valence-corrected chi connectivity index (χ3v) is 3.44. The smallest absolute Gasteiger partial charge is 0.341 e. The van der Waals surface area contributed by atoms with Crippen molar-refractivity contribution in [1.82, 2.24) is 4.57 Å². The number of aromatic carboxylic acids is 1. The fourth-order valence-corrected chi connectivity index (χ4v) is 2.48. The van der Waals surface area contributed by atoms with Crippen molar-refractivity contribution in [1.29, 1.82) is 0 Å². The zero-order valence-electron chi connectivity index (χ0n) is 11.9. The van der Waals surface area contributed by atoms with Crippen molar-refractivity contribution in [2.75, 3.05) is 7.11 Å². The van der Waals surface area contributed by atoms with Crippen molar-refractivity contribution in [2.24, 2.45) is 7.05 Å². The van der Waals surface area contributed by atoms with Crippen LogP contribution in [0.2, 0.25) is 0 Å². The molecule has 1 N–H and O–H groups in total. The van der Waals surface area contributed by atoms with Crippen LogP contribution < -0.4 is 10.3 Å². The Morgan fingerprint density at radius 2 is 2.00 bits per heavy atom. The molecule has 1 heterocycles. The minimum Gasteiger partial charge on any atom is -0.497 e. The molecule has 0 amide bonds. The van der Waals surface area contributed by atoms with Crippen molar-refractivity contribution in [2.45, 2.75) is 19.8 Å². The first-order chi connectivity index (χ1) is 9.38.